The van der Waals surface area contributed by atoms with Gasteiger partial charge in [0.1, 0.15) is 0 Å². The predicted molar refractivity (Wildman–Crippen MR) is 57.1 cm³/mol. The van der Waals surface area contributed by atoms with Crippen LogP contribution in [0.3, 0.4) is 0 Å². The number of carbonyl (C=O) groups is 1. The van der Waals surface area contributed by atoms with Gasteiger partial charge in [0.05, 0.1) is 12.5 Å². The van der Waals surface area contributed by atoms with Gasteiger partial charge >= 0.3 is 11.2 Å². The first-order chi connectivity index (χ1) is 8.66. The molecule has 1 unspecified atom stereocenters. The molecule has 0 radical (unpaired) electrons. The minimum atomic E-state index is -6.07. The fraction of sp³-hybridized carbons (Fsp3) is 0.900. The second kappa shape index (κ2) is 6.08. The Labute approximate surface area is 108 Å². The Morgan fingerprint density at radius 1 is 1.37 bits per heavy atom. The van der Waals surface area contributed by atoms with E-state index in [1.807, 2.05) is 0 Å². The van der Waals surface area contributed by atoms with E-state index < -0.39 is 40.5 Å². The molecular weight excluding hydrogens is 289 g/mol. The molecule has 0 amide bonds. The minimum Gasteiger partial charge on any atom is -0.743 e. The third-order valence-electron chi connectivity index (χ3n) is 3.00. The number of carbonyl (C=O) groups excluding carboxylic acids is 1. The summed E-state index contributed by atoms with van der Waals surface area (Å²) in [6.07, 6.45) is -1.19. The highest BCUT2D eigenvalue weighted by Gasteiger charge is 2.47. The summed E-state index contributed by atoms with van der Waals surface area (Å²) in [7, 11) is -6.07. The first kappa shape index (κ1) is 16.2. The molecule has 5 nitrogen and oxygen atoms in total. The number of hydrogen-bond donors (Lipinski definition) is 0. The van der Waals surface area contributed by atoms with Crippen LogP contribution >= 0.6 is 0 Å². The first-order valence-corrected chi connectivity index (χ1v) is 7.21. The lowest BCUT2D eigenvalue weighted by atomic mass is 10.1. The van der Waals surface area contributed by atoms with Crippen molar-refractivity contribution < 1.29 is 35.7 Å². The third kappa shape index (κ3) is 4.07. The fourth-order valence-electron chi connectivity index (χ4n) is 1.87. The van der Waals surface area contributed by atoms with Gasteiger partial charge in [-0.3, -0.25) is 4.79 Å². The summed E-state index contributed by atoms with van der Waals surface area (Å²) in [5.41, 5.74) is 0. The van der Waals surface area contributed by atoms with E-state index in [1.165, 1.54) is 0 Å². The van der Waals surface area contributed by atoms with Gasteiger partial charge in [-0.1, -0.05) is 12.8 Å². The summed E-state index contributed by atoms with van der Waals surface area (Å²) in [4.78, 5) is 11.4. The van der Waals surface area contributed by atoms with E-state index in [0.717, 1.165) is 12.8 Å². The Morgan fingerprint density at radius 3 is 2.37 bits per heavy atom. The number of esters is 1. The van der Waals surface area contributed by atoms with Crippen LogP contribution in [0.2, 0.25) is 0 Å². The lowest BCUT2D eigenvalue weighted by molar-refractivity contribution is -0.149. The monoisotopic (exact) mass is 303 g/mol. The maximum absolute atomic E-state index is 13.0. The van der Waals surface area contributed by atoms with Gasteiger partial charge in [-0.15, -0.1) is 0 Å². The summed E-state index contributed by atoms with van der Waals surface area (Å²) < 4.78 is 73.5. The molecule has 1 aliphatic carbocycles. The van der Waals surface area contributed by atoms with Gasteiger partial charge in [0.15, 0.2) is 16.3 Å². The molecule has 0 aromatic rings. The minimum absolute atomic E-state index is 0.304. The molecule has 1 aliphatic rings. The molecule has 0 aromatic carbocycles. The molecule has 0 bridgehead atoms. The smallest absolute Gasteiger partial charge is 0.364 e. The van der Waals surface area contributed by atoms with E-state index in [-0.39, 0.29) is 5.92 Å². The molecule has 1 saturated carbocycles. The van der Waals surface area contributed by atoms with Gasteiger partial charge in [0, 0.05) is 6.42 Å². The van der Waals surface area contributed by atoms with Crippen LogP contribution in [-0.4, -0.2) is 37.0 Å². The normalized spacial score (nSPS) is 19.4. The molecule has 0 heterocycles. The maximum Gasteiger partial charge on any atom is 0.364 e. The van der Waals surface area contributed by atoms with Crippen LogP contribution in [-0.2, 0) is 19.6 Å². The van der Waals surface area contributed by atoms with Crippen molar-refractivity contribution in [1.29, 1.82) is 0 Å². The second-order valence-corrected chi connectivity index (χ2v) is 5.87. The van der Waals surface area contributed by atoms with E-state index >= 15 is 0 Å². The number of alkyl halides is 3. The van der Waals surface area contributed by atoms with Crippen molar-refractivity contribution in [3.05, 3.63) is 0 Å². The van der Waals surface area contributed by atoms with Gasteiger partial charge in [-0.2, -0.15) is 8.78 Å². The van der Waals surface area contributed by atoms with Crippen molar-refractivity contribution in [3.8, 4) is 0 Å². The summed E-state index contributed by atoms with van der Waals surface area (Å²) in [6.45, 7) is -0.679. The lowest BCUT2D eigenvalue weighted by Crippen LogP contribution is -2.39. The summed E-state index contributed by atoms with van der Waals surface area (Å²) >= 11 is 0. The van der Waals surface area contributed by atoms with Crippen LogP contribution in [0.1, 0.15) is 32.1 Å². The van der Waals surface area contributed by atoms with Crippen LogP contribution in [0.4, 0.5) is 13.2 Å². The number of ether oxygens (including phenoxy) is 1. The van der Waals surface area contributed by atoms with Crippen molar-refractivity contribution in [3.63, 3.8) is 0 Å². The zero-order valence-electron chi connectivity index (χ0n) is 9.98. The molecule has 0 aliphatic heterocycles. The molecular formula is C10H14F3O5S-. The molecule has 19 heavy (non-hydrogen) atoms. The SMILES string of the molecule is O=C(OCCC(F)C(F)(F)S(=O)(=O)[O-])C1CCCC1. The van der Waals surface area contributed by atoms with Crippen molar-refractivity contribution in [2.75, 3.05) is 6.61 Å². The van der Waals surface area contributed by atoms with Gasteiger partial charge in [0.2, 0.25) is 0 Å². The molecule has 0 aromatic heterocycles. The summed E-state index contributed by atoms with van der Waals surface area (Å²) in [6, 6.07) is 0. The highest BCUT2D eigenvalue weighted by Crippen LogP contribution is 2.30. The molecule has 0 N–H and O–H groups in total. The number of hydrogen-bond acceptors (Lipinski definition) is 5. The van der Waals surface area contributed by atoms with Gasteiger partial charge in [-0.25, -0.2) is 12.8 Å². The Kier molecular flexibility index (Phi) is 5.19. The summed E-state index contributed by atoms with van der Waals surface area (Å²) in [5, 5.41) is -5.01. The molecule has 9 heteroatoms. The zero-order valence-corrected chi connectivity index (χ0v) is 10.8. The van der Waals surface area contributed by atoms with E-state index in [4.69, 9.17) is 0 Å². The standard InChI is InChI=1S/C10H15F3O5S/c11-8(10(12,13)19(15,16)17)5-6-18-9(14)7-3-1-2-4-7/h7-8H,1-6H2,(H,15,16,17)/p-1. The van der Waals surface area contributed by atoms with Gasteiger partial charge < -0.3 is 9.29 Å². The van der Waals surface area contributed by atoms with Crippen LogP contribution in [0, 0.1) is 5.92 Å². The number of rotatable bonds is 6. The first-order valence-electron chi connectivity index (χ1n) is 5.80. The Balaban J connectivity index is 2.38. The van der Waals surface area contributed by atoms with Crippen molar-refractivity contribution in [2.45, 2.75) is 43.5 Å². The van der Waals surface area contributed by atoms with Crippen molar-refractivity contribution >= 4 is 16.1 Å². The molecule has 1 atom stereocenters. The van der Waals surface area contributed by atoms with E-state index in [0.29, 0.717) is 12.8 Å². The molecule has 1 rings (SSSR count). The van der Waals surface area contributed by atoms with E-state index in [9.17, 15) is 30.9 Å². The van der Waals surface area contributed by atoms with E-state index in [1.54, 1.807) is 0 Å². The van der Waals surface area contributed by atoms with Crippen LogP contribution in [0.15, 0.2) is 0 Å². The van der Waals surface area contributed by atoms with Crippen LogP contribution in [0.5, 0.6) is 0 Å². The van der Waals surface area contributed by atoms with Crippen molar-refractivity contribution in [1.82, 2.24) is 0 Å². The molecule has 0 saturated heterocycles. The average molecular weight is 303 g/mol. The number of halogens is 3. The van der Waals surface area contributed by atoms with Crippen molar-refractivity contribution in [2.24, 2.45) is 5.92 Å². The Morgan fingerprint density at radius 2 is 1.89 bits per heavy atom. The Hall–Kier alpha value is -0.830. The Bertz CT molecular complexity index is 417. The maximum atomic E-state index is 13.0. The second-order valence-electron chi connectivity index (χ2n) is 4.42. The average Bonchev–Trinajstić information content (AvgIpc) is 2.80. The topological polar surface area (TPSA) is 83.5 Å². The lowest BCUT2D eigenvalue weighted by Gasteiger charge is -2.23. The van der Waals surface area contributed by atoms with Gasteiger partial charge in [0.25, 0.3) is 0 Å². The molecule has 1 fully saturated rings. The van der Waals surface area contributed by atoms with Crippen LogP contribution in [0.25, 0.3) is 0 Å². The third-order valence-corrected chi connectivity index (χ3v) is 3.92. The summed E-state index contributed by atoms with van der Waals surface area (Å²) in [5.74, 6) is -0.903. The molecule has 112 valence electrons. The quantitative estimate of drug-likeness (QED) is 0.549. The largest absolute Gasteiger partial charge is 0.743 e. The molecule has 0 spiro atoms. The fourth-order valence-corrected chi connectivity index (χ4v) is 2.30. The van der Waals surface area contributed by atoms with Crippen LogP contribution < -0.4 is 0 Å². The van der Waals surface area contributed by atoms with E-state index in [2.05, 4.69) is 4.74 Å². The highest BCUT2D eigenvalue weighted by molar-refractivity contribution is 7.86. The highest BCUT2D eigenvalue weighted by atomic mass is 32.2. The predicted octanol–water partition coefficient (Wildman–Crippen LogP) is 1.59. The van der Waals surface area contributed by atoms with Gasteiger partial charge in [-0.05, 0) is 12.8 Å². The zero-order chi connectivity index (χ0) is 14.7.